The van der Waals surface area contributed by atoms with Crippen molar-refractivity contribution in [2.75, 3.05) is 6.61 Å². The predicted octanol–water partition coefficient (Wildman–Crippen LogP) is 1.66. The van der Waals surface area contributed by atoms with Gasteiger partial charge in [0.25, 0.3) is 0 Å². The lowest BCUT2D eigenvalue weighted by molar-refractivity contribution is 0.327. The van der Waals surface area contributed by atoms with E-state index in [1.165, 1.54) is 5.56 Å². The van der Waals surface area contributed by atoms with Crippen LogP contribution in [-0.4, -0.2) is 19.0 Å². The summed E-state index contributed by atoms with van der Waals surface area (Å²) < 4.78 is 5.04. The molecule has 0 saturated carbocycles. The summed E-state index contributed by atoms with van der Waals surface area (Å²) in [6.07, 6.45) is 2.53. The highest BCUT2D eigenvalue weighted by molar-refractivity contribution is 5.49. The van der Waals surface area contributed by atoms with Gasteiger partial charge in [0.2, 0.25) is 0 Å². The fourth-order valence-electron chi connectivity index (χ4n) is 1.32. The van der Waals surface area contributed by atoms with Gasteiger partial charge in [0.1, 0.15) is 6.61 Å². The molecular weight excluding hydrogens is 150 g/mol. The van der Waals surface area contributed by atoms with Gasteiger partial charge in [-0.15, -0.1) is 0 Å². The topological polar surface area (TPSA) is 21.6 Å². The minimum absolute atomic E-state index is 0.326. The fourth-order valence-corrected chi connectivity index (χ4v) is 1.32. The molecule has 0 saturated heterocycles. The molecule has 62 valence electrons. The Morgan fingerprint density at radius 2 is 2.17 bits per heavy atom. The molecule has 0 N–H and O–H groups in total. The molecule has 1 aromatic rings. The molecule has 0 bridgehead atoms. The van der Waals surface area contributed by atoms with Gasteiger partial charge in [0.05, 0.1) is 6.04 Å². The van der Waals surface area contributed by atoms with Gasteiger partial charge >= 0.3 is 0 Å². The van der Waals surface area contributed by atoms with Crippen molar-refractivity contribution in [3.8, 4) is 0 Å². The molecule has 0 spiro atoms. The first-order valence-electron chi connectivity index (χ1n) is 4.12. The number of hydrogen-bond donors (Lipinski definition) is 0. The molecule has 0 unspecified atom stereocenters. The van der Waals surface area contributed by atoms with Gasteiger partial charge < -0.3 is 4.74 Å². The van der Waals surface area contributed by atoms with Crippen LogP contribution < -0.4 is 0 Å². The first-order chi connectivity index (χ1) is 5.95. The predicted molar refractivity (Wildman–Crippen MR) is 48.4 cm³/mol. The molecule has 1 atom stereocenters. The monoisotopic (exact) mass is 161 g/mol. The normalized spacial score (nSPS) is 20.8. The van der Waals surface area contributed by atoms with Crippen LogP contribution >= 0.6 is 0 Å². The van der Waals surface area contributed by atoms with Crippen LogP contribution in [0.3, 0.4) is 0 Å². The van der Waals surface area contributed by atoms with Crippen LogP contribution in [0.15, 0.2) is 35.3 Å². The van der Waals surface area contributed by atoms with E-state index in [0.717, 1.165) is 13.0 Å². The second kappa shape index (κ2) is 3.39. The minimum atomic E-state index is 0.326. The molecule has 0 fully saturated rings. The molecule has 2 nitrogen and oxygen atoms in total. The number of ether oxygens (including phenoxy) is 1. The average Bonchev–Trinajstić information content (AvgIpc) is 2.59. The molecule has 1 aliphatic heterocycles. The lowest BCUT2D eigenvalue weighted by Gasteiger charge is -2.04. The summed E-state index contributed by atoms with van der Waals surface area (Å²) in [5.74, 6) is 0. The third-order valence-electron chi connectivity index (χ3n) is 1.95. The summed E-state index contributed by atoms with van der Waals surface area (Å²) >= 11 is 0. The lowest BCUT2D eigenvalue weighted by atomic mass is 10.1. The zero-order valence-electron chi connectivity index (χ0n) is 6.81. The van der Waals surface area contributed by atoms with Crippen molar-refractivity contribution in [2.45, 2.75) is 12.5 Å². The van der Waals surface area contributed by atoms with Crippen LogP contribution in [0.5, 0.6) is 0 Å². The van der Waals surface area contributed by atoms with Crippen molar-refractivity contribution in [1.29, 1.82) is 0 Å². The van der Waals surface area contributed by atoms with Gasteiger partial charge in [-0.05, 0) is 12.0 Å². The van der Waals surface area contributed by atoms with Crippen molar-refractivity contribution in [2.24, 2.45) is 4.99 Å². The third-order valence-corrected chi connectivity index (χ3v) is 1.95. The summed E-state index contributed by atoms with van der Waals surface area (Å²) in [5, 5.41) is 0. The number of rotatable bonds is 2. The molecule has 1 aromatic carbocycles. The van der Waals surface area contributed by atoms with E-state index in [1.54, 1.807) is 6.40 Å². The van der Waals surface area contributed by atoms with Crippen LogP contribution in [0.1, 0.15) is 5.56 Å². The van der Waals surface area contributed by atoms with E-state index >= 15 is 0 Å². The molecule has 0 radical (unpaired) electrons. The summed E-state index contributed by atoms with van der Waals surface area (Å²) in [6, 6.07) is 10.7. The van der Waals surface area contributed by atoms with E-state index in [9.17, 15) is 0 Å². The zero-order valence-corrected chi connectivity index (χ0v) is 6.81. The van der Waals surface area contributed by atoms with Crippen molar-refractivity contribution < 1.29 is 4.74 Å². The Bertz CT molecular complexity index is 268. The number of aliphatic imine (C=N–C) groups is 1. The molecule has 0 aromatic heterocycles. The lowest BCUT2D eigenvalue weighted by Crippen LogP contribution is -2.09. The van der Waals surface area contributed by atoms with E-state index in [2.05, 4.69) is 29.3 Å². The number of nitrogens with zero attached hydrogens (tertiary/aromatic N) is 1. The third kappa shape index (κ3) is 1.64. The molecule has 0 aliphatic carbocycles. The first kappa shape index (κ1) is 7.35. The summed E-state index contributed by atoms with van der Waals surface area (Å²) in [5.41, 5.74) is 1.32. The molecule has 2 rings (SSSR count). The Kier molecular flexibility index (Phi) is 2.08. The number of benzene rings is 1. The Morgan fingerprint density at radius 3 is 2.83 bits per heavy atom. The highest BCUT2D eigenvalue weighted by atomic mass is 16.5. The van der Waals surface area contributed by atoms with E-state index in [1.807, 2.05) is 6.07 Å². The molecule has 1 heterocycles. The molecule has 12 heavy (non-hydrogen) atoms. The largest absolute Gasteiger partial charge is 0.481 e. The van der Waals surface area contributed by atoms with Gasteiger partial charge in [-0.2, -0.15) is 0 Å². The van der Waals surface area contributed by atoms with Crippen LogP contribution in [-0.2, 0) is 11.2 Å². The van der Waals surface area contributed by atoms with E-state index < -0.39 is 0 Å². The Labute approximate surface area is 71.9 Å². The average molecular weight is 161 g/mol. The molecule has 2 heteroatoms. The second-order valence-corrected chi connectivity index (χ2v) is 2.93. The van der Waals surface area contributed by atoms with Gasteiger partial charge in [-0.3, -0.25) is 4.99 Å². The van der Waals surface area contributed by atoms with Crippen molar-refractivity contribution in [3.63, 3.8) is 0 Å². The molecular formula is C10H11NO. The van der Waals surface area contributed by atoms with Crippen LogP contribution in [0.2, 0.25) is 0 Å². The first-order valence-corrected chi connectivity index (χ1v) is 4.12. The van der Waals surface area contributed by atoms with Crippen molar-refractivity contribution >= 4 is 6.40 Å². The number of hydrogen-bond acceptors (Lipinski definition) is 2. The summed E-state index contributed by atoms with van der Waals surface area (Å²) in [7, 11) is 0. The Hall–Kier alpha value is -1.31. The highest BCUT2D eigenvalue weighted by Crippen LogP contribution is 2.08. The van der Waals surface area contributed by atoms with Crippen LogP contribution in [0.25, 0.3) is 0 Å². The van der Waals surface area contributed by atoms with Crippen molar-refractivity contribution in [1.82, 2.24) is 0 Å². The summed E-state index contributed by atoms with van der Waals surface area (Å²) in [4.78, 5) is 4.18. The molecule has 0 amide bonds. The van der Waals surface area contributed by atoms with E-state index in [-0.39, 0.29) is 0 Å². The minimum Gasteiger partial charge on any atom is -0.481 e. The van der Waals surface area contributed by atoms with Gasteiger partial charge in [-0.25, -0.2) is 0 Å². The Morgan fingerprint density at radius 1 is 1.33 bits per heavy atom. The SMILES string of the molecule is C1=N[C@H](Cc2ccccc2)CO1. The zero-order chi connectivity index (χ0) is 8.23. The maximum atomic E-state index is 5.04. The smallest absolute Gasteiger partial charge is 0.169 e. The van der Waals surface area contributed by atoms with Gasteiger partial charge in [0, 0.05) is 0 Å². The van der Waals surface area contributed by atoms with Gasteiger partial charge in [-0.1, -0.05) is 30.3 Å². The van der Waals surface area contributed by atoms with Crippen LogP contribution in [0.4, 0.5) is 0 Å². The molecule has 1 aliphatic rings. The maximum absolute atomic E-state index is 5.04. The maximum Gasteiger partial charge on any atom is 0.169 e. The quantitative estimate of drug-likeness (QED) is 0.646. The van der Waals surface area contributed by atoms with E-state index in [4.69, 9.17) is 4.74 Å². The summed E-state index contributed by atoms with van der Waals surface area (Å²) in [6.45, 7) is 0.731. The fraction of sp³-hybridized carbons (Fsp3) is 0.300. The van der Waals surface area contributed by atoms with Gasteiger partial charge in [0.15, 0.2) is 6.40 Å². The van der Waals surface area contributed by atoms with Crippen molar-refractivity contribution in [3.05, 3.63) is 35.9 Å². The Balaban J connectivity index is 1.99. The second-order valence-electron chi connectivity index (χ2n) is 2.93. The highest BCUT2D eigenvalue weighted by Gasteiger charge is 2.11. The van der Waals surface area contributed by atoms with Crippen LogP contribution in [0, 0.1) is 0 Å². The van der Waals surface area contributed by atoms with E-state index in [0.29, 0.717) is 6.04 Å². The standard InChI is InChI=1S/C10H11NO/c1-2-4-9(5-3-1)6-10-7-12-8-11-10/h1-5,8,10H,6-7H2/t10-/m1/s1.